The zero-order valence-corrected chi connectivity index (χ0v) is 4.66. The molecule has 50 valence electrons. The highest BCUT2D eigenvalue weighted by Crippen LogP contribution is 2.11. The van der Waals surface area contributed by atoms with Crippen molar-refractivity contribution in [2.24, 2.45) is 0 Å². The third-order valence-corrected chi connectivity index (χ3v) is 1.13. The van der Waals surface area contributed by atoms with E-state index in [1.807, 2.05) is 0 Å². The zero-order chi connectivity index (χ0) is 6.85. The van der Waals surface area contributed by atoms with Gasteiger partial charge in [-0.2, -0.15) is 0 Å². The topological polar surface area (TPSA) is 40.5 Å². The second-order valence-corrected chi connectivity index (χ2v) is 1.89. The van der Waals surface area contributed by atoms with Gasteiger partial charge in [-0.3, -0.25) is 0 Å². The first-order chi connectivity index (χ1) is 4.20. The fourth-order valence-electron chi connectivity index (χ4n) is 0.622. The first-order valence-electron chi connectivity index (χ1n) is 2.62. The van der Waals surface area contributed by atoms with E-state index in [4.69, 9.17) is 10.2 Å². The van der Waals surface area contributed by atoms with Crippen LogP contribution in [-0.4, -0.2) is 22.4 Å². The number of rotatable bonds is 0. The number of aliphatic hydroxyl groups is 2. The second-order valence-electron chi connectivity index (χ2n) is 1.89. The molecule has 0 spiro atoms. The van der Waals surface area contributed by atoms with E-state index in [9.17, 15) is 4.39 Å². The summed E-state index contributed by atoms with van der Waals surface area (Å²) in [5, 5.41) is 17.5. The van der Waals surface area contributed by atoms with Crippen LogP contribution in [-0.2, 0) is 0 Å². The Kier molecular flexibility index (Phi) is 1.64. The number of halogens is 1. The molecule has 0 aromatic carbocycles. The quantitative estimate of drug-likeness (QED) is 0.489. The van der Waals surface area contributed by atoms with Gasteiger partial charge in [-0.15, -0.1) is 0 Å². The Balaban J connectivity index is 2.70. The fourth-order valence-corrected chi connectivity index (χ4v) is 0.622. The molecular weight excluding hydrogens is 123 g/mol. The fraction of sp³-hybridized carbons (Fsp3) is 0.333. The number of allylic oxidation sites excluding steroid dienone is 2. The van der Waals surface area contributed by atoms with Crippen LogP contribution in [0.3, 0.4) is 0 Å². The van der Waals surface area contributed by atoms with Gasteiger partial charge in [-0.05, 0) is 12.2 Å². The van der Waals surface area contributed by atoms with Crippen LogP contribution < -0.4 is 0 Å². The van der Waals surface area contributed by atoms with Crippen molar-refractivity contribution < 1.29 is 14.6 Å². The van der Waals surface area contributed by atoms with E-state index in [-0.39, 0.29) is 0 Å². The smallest absolute Gasteiger partial charge is 0.121 e. The zero-order valence-electron chi connectivity index (χ0n) is 4.66. The Labute approximate surface area is 51.9 Å². The Bertz CT molecular complexity index is 162. The number of aliphatic hydroxyl groups excluding tert-OH is 2. The van der Waals surface area contributed by atoms with E-state index in [1.165, 1.54) is 6.08 Å². The van der Waals surface area contributed by atoms with Gasteiger partial charge in [0.25, 0.3) is 0 Å². The predicted molar refractivity (Wildman–Crippen MR) is 30.3 cm³/mol. The van der Waals surface area contributed by atoms with Crippen LogP contribution in [0.5, 0.6) is 0 Å². The molecule has 3 heteroatoms. The van der Waals surface area contributed by atoms with Gasteiger partial charge in [-0.1, -0.05) is 6.08 Å². The van der Waals surface area contributed by atoms with Crippen LogP contribution in [0, 0.1) is 0 Å². The summed E-state index contributed by atoms with van der Waals surface area (Å²) >= 11 is 0. The molecule has 1 rings (SSSR count). The molecule has 0 saturated heterocycles. The lowest BCUT2D eigenvalue weighted by Gasteiger charge is -2.12. The molecule has 0 fully saturated rings. The van der Waals surface area contributed by atoms with E-state index < -0.39 is 18.0 Å². The Morgan fingerprint density at radius 2 is 2.00 bits per heavy atom. The monoisotopic (exact) mass is 130 g/mol. The molecule has 0 bridgehead atoms. The third-order valence-electron chi connectivity index (χ3n) is 1.13. The Morgan fingerprint density at radius 1 is 1.33 bits per heavy atom. The minimum Gasteiger partial charge on any atom is -0.386 e. The summed E-state index contributed by atoms with van der Waals surface area (Å²) in [4.78, 5) is 0. The summed E-state index contributed by atoms with van der Waals surface area (Å²) < 4.78 is 12.1. The first kappa shape index (κ1) is 6.45. The van der Waals surface area contributed by atoms with Gasteiger partial charge in [0.05, 0.1) is 0 Å². The van der Waals surface area contributed by atoms with Crippen molar-refractivity contribution in [2.45, 2.75) is 12.2 Å². The number of hydrogen-bond acceptors (Lipinski definition) is 2. The van der Waals surface area contributed by atoms with Gasteiger partial charge in [0, 0.05) is 0 Å². The molecule has 9 heavy (non-hydrogen) atoms. The lowest BCUT2D eigenvalue weighted by molar-refractivity contribution is 0.0774. The minimum absolute atomic E-state index is 0.507. The lowest BCUT2D eigenvalue weighted by Crippen LogP contribution is -2.23. The standard InChI is InChI=1S/C6H7FO2/c7-4-1-2-5(8)6(9)3-4/h1-3,5-6,8-9H. The van der Waals surface area contributed by atoms with Gasteiger partial charge in [-0.25, -0.2) is 4.39 Å². The van der Waals surface area contributed by atoms with Gasteiger partial charge >= 0.3 is 0 Å². The summed E-state index contributed by atoms with van der Waals surface area (Å²) in [6.45, 7) is 0. The van der Waals surface area contributed by atoms with Crippen molar-refractivity contribution in [1.29, 1.82) is 0 Å². The third kappa shape index (κ3) is 1.37. The van der Waals surface area contributed by atoms with Crippen molar-refractivity contribution in [2.75, 3.05) is 0 Å². The Hall–Kier alpha value is -0.670. The molecule has 2 unspecified atom stereocenters. The largest absolute Gasteiger partial charge is 0.386 e. The molecule has 1 aliphatic rings. The highest BCUT2D eigenvalue weighted by atomic mass is 19.1. The van der Waals surface area contributed by atoms with E-state index in [0.717, 1.165) is 12.2 Å². The first-order valence-corrected chi connectivity index (χ1v) is 2.62. The number of hydrogen-bond donors (Lipinski definition) is 2. The van der Waals surface area contributed by atoms with E-state index >= 15 is 0 Å². The van der Waals surface area contributed by atoms with Crippen molar-refractivity contribution in [3.8, 4) is 0 Å². The molecule has 0 aromatic heterocycles. The molecule has 0 aromatic rings. The van der Waals surface area contributed by atoms with Crippen LogP contribution >= 0.6 is 0 Å². The van der Waals surface area contributed by atoms with Crippen molar-refractivity contribution in [3.05, 3.63) is 24.1 Å². The van der Waals surface area contributed by atoms with Crippen LogP contribution in [0.1, 0.15) is 0 Å². The summed E-state index contributed by atoms with van der Waals surface area (Å²) in [7, 11) is 0. The molecule has 2 atom stereocenters. The molecular formula is C6H7FO2. The molecule has 0 radical (unpaired) electrons. The maximum absolute atomic E-state index is 12.1. The van der Waals surface area contributed by atoms with E-state index in [1.54, 1.807) is 0 Å². The maximum atomic E-state index is 12.1. The van der Waals surface area contributed by atoms with Crippen molar-refractivity contribution >= 4 is 0 Å². The normalized spacial score (nSPS) is 34.3. The Morgan fingerprint density at radius 3 is 2.44 bits per heavy atom. The van der Waals surface area contributed by atoms with E-state index in [0.29, 0.717) is 0 Å². The van der Waals surface area contributed by atoms with Crippen LogP contribution in [0.2, 0.25) is 0 Å². The molecule has 0 heterocycles. The average Bonchev–Trinajstić information content (AvgIpc) is 1.80. The average molecular weight is 130 g/mol. The van der Waals surface area contributed by atoms with Crippen molar-refractivity contribution in [1.82, 2.24) is 0 Å². The highest BCUT2D eigenvalue weighted by Gasteiger charge is 2.14. The van der Waals surface area contributed by atoms with Crippen LogP contribution in [0.4, 0.5) is 4.39 Å². The van der Waals surface area contributed by atoms with Gasteiger partial charge < -0.3 is 10.2 Å². The van der Waals surface area contributed by atoms with Gasteiger partial charge in [0.1, 0.15) is 18.0 Å². The summed E-state index contributed by atoms with van der Waals surface area (Å²) in [5.41, 5.74) is 0. The minimum atomic E-state index is -1.09. The molecule has 2 nitrogen and oxygen atoms in total. The van der Waals surface area contributed by atoms with Crippen molar-refractivity contribution in [3.63, 3.8) is 0 Å². The second kappa shape index (κ2) is 2.29. The van der Waals surface area contributed by atoms with E-state index in [2.05, 4.69) is 0 Å². The predicted octanol–water partition coefficient (Wildman–Crippen LogP) is 0.131. The highest BCUT2D eigenvalue weighted by molar-refractivity contribution is 5.21. The summed E-state index contributed by atoms with van der Waals surface area (Å²) in [6.07, 6.45) is 1.25. The molecule has 0 saturated carbocycles. The summed E-state index contributed by atoms with van der Waals surface area (Å²) in [5.74, 6) is -0.507. The molecule has 2 N–H and O–H groups in total. The van der Waals surface area contributed by atoms with Crippen LogP contribution in [0.25, 0.3) is 0 Å². The molecule has 0 aliphatic heterocycles. The van der Waals surface area contributed by atoms with Crippen LogP contribution in [0.15, 0.2) is 24.1 Å². The summed E-state index contributed by atoms with van der Waals surface area (Å²) in [6, 6.07) is 0. The maximum Gasteiger partial charge on any atom is 0.121 e. The SMILES string of the molecule is OC1C=CC(F)=CC1O. The van der Waals surface area contributed by atoms with Gasteiger partial charge in [0.15, 0.2) is 0 Å². The molecule has 0 amide bonds. The molecule has 1 aliphatic carbocycles. The lowest BCUT2D eigenvalue weighted by atomic mass is 10.1. The van der Waals surface area contributed by atoms with Gasteiger partial charge in [0.2, 0.25) is 0 Å².